The Hall–Kier alpha value is -2.19. The predicted molar refractivity (Wildman–Crippen MR) is 77.8 cm³/mol. The molecule has 0 radical (unpaired) electrons. The van der Waals surface area contributed by atoms with Gasteiger partial charge in [0.25, 0.3) is 0 Å². The van der Waals surface area contributed by atoms with Crippen LogP contribution in [-0.2, 0) is 16.6 Å². The summed E-state index contributed by atoms with van der Waals surface area (Å²) in [6.07, 6.45) is 0. The Labute approximate surface area is 131 Å². The quantitative estimate of drug-likeness (QED) is 0.926. The minimum Gasteiger partial charge on any atom is -0.486 e. The fraction of sp³-hybridized carbons (Fsp3) is 0.200. The third-order valence-corrected chi connectivity index (χ3v) is 4.69. The van der Waals surface area contributed by atoms with E-state index in [-0.39, 0.29) is 17.0 Å². The number of hydrogen-bond acceptors (Lipinski definition) is 4. The Morgan fingerprint density at radius 2 is 1.74 bits per heavy atom. The molecule has 23 heavy (non-hydrogen) atoms. The smallest absolute Gasteiger partial charge is 0.241 e. The van der Waals surface area contributed by atoms with Crippen LogP contribution < -0.4 is 14.2 Å². The number of fused-ring (bicyclic) bond motifs is 1. The van der Waals surface area contributed by atoms with Crippen LogP contribution in [0.2, 0.25) is 0 Å². The van der Waals surface area contributed by atoms with Crippen LogP contribution in [0.5, 0.6) is 11.5 Å². The van der Waals surface area contributed by atoms with E-state index in [1.165, 1.54) is 24.3 Å². The first-order valence-corrected chi connectivity index (χ1v) is 8.27. The maximum absolute atomic E-state index is 13.5. The molecule has 0 bridgehead atoms. The lowest BCUT2D eigenvalue weighted by Gasteiger charge is -2.19. The third-order valence-electron chi connectivity index (χ3n) is 3.29. The molecule has 5 nitrogen and oxygen atoms in total. The second kappa shape index (κ2) is 6.13. The summed E-state index contributed by atoms with van der Waals surface area (Å²) in [5.41, 5.74) is 0.0486. The van der Waals surface area contributed by atoms with Gasteiger partial charge < -0.3 is 9.47 Å². The van der Waals surface area contributed by atoms with Crippen LogP contribution in [-0.4, -0.2) is 21.6 Å². The van der Waals surface area contributed by atoms with Gasteiger partial charge in [0.15, 0.2) is 11.5 Å². The molecule has 3 rings (SSSR count). The predicted octanol–water partition coefficient (Wildman–Crippen LogP) is 2.21. The molecule has 122 valence electrons. The number of ether oxygens (including phenoxy) is 2. The highest BCUT2D eigenvalue weighted by molar-refractivity contribution is 7.89. The van der Waals surface area contributed by atoms with Crippen LogP contribution in [0.1, 0.15) is 5.56 Å². The molecule has 0 aromatic heterocycles. The summed E-state index contributed by atoms with van der Waals surface area (Å²) in [6.45, 7) is 0.453. The van der Waals surface area contributed by atoms with Crippen molar-refractivity contribution in [3.8, 4) is 11.5 Å². The van der Waals surface area contributed by atoms with Gasteiger partial charge in [0.05, 0.1) is 4.90 Å². The summed E-state index contributed by atoms with van der Waals surface area (Å²) in [7, 11) is -3.86. The molecule has 0 fully saturated rings. The second-order valence-corrected chi connectivity index (χ2v) is 6.63. The van der Waals surface area contributed by atoms with E-state index in [1.807, 2.05) is 0 Å². The van der Waals surface area contributed by atoms with Gasteiger partial charge in [0, 0.05) is 24.2 Å². The highest BCUT2D eigenvalue weighted by Crippen LogP contribution is 2.32. The van der Waals surface area contributed by atoms with Crippen molar-refractivity contribution in [2.45, 2.75) is 11.4 Å². The van der Waals surface area contributed by atoms with Crippen molar-refractivity contribution in [2.75, 3.05) is 13.2 Å². The average Bonchev–Trinajstić information content (AvgIpc) is 2.53. The van der Waals surface area contributed by atoms with Crippen LogP contribution >= 0.6 is 0 Å². The second-order valence-electron chi connectivity index (χ2n) is 4.87. The largest absolute Gasteiger partial charge is 0.486 e. The minimum atomic E-state index is -3.86. The third kappa shape index (κ3) is 3.43. The van der Waals surface area contributed by atoms with Crippen LogP contribution in [0.25, 0.3) is 0 Å². The van der Waals surface area contributed by atoms with Gasteiger partial charge in [-0.15, -0.1) is 0 Å². The molecule has 0 saturated heterocycles. The number of sulfonamides is 1. The summed E-state index contributed by atoms with van der Waals surface area (Å²) < 4.78 is 63.8. The molecule has 0 spiro atoms. The molecular formula is C15H13F2NO4S. The maximum Gasteiger partial charge on any atom is 0.241 e. The van der Waals surface area contributed by atoms with E-state index >= 15 is 0 Å². The molecular weight excluding hydrogens is 328 g/mol. The summed E-state index contributed by atoms with van der Waals surface area (Å²) in [5.74, 6) is -0.720. The van der Waals surface area contributed by atoms with Gasteiger partial charge in [-0.05, 0) is 18.2 Å². The Kier molecular flexibility index (Phi) is 4.18. The molecule has 1 N–H and O–H groups in total. The fourth-order valence-corrected chi connectivity index (χ4v) is 3.13. The lowest BCUT2D eigenvalue weighted by atomic mass is 10.2. The van der Waals surface area contributed by atoms with Crippen molar-refractivity contribution in [1.29, 1.82) is 0 Å². The van der Waals surface area contributed by atoms with Gasteiger partial charge >= 0.3 is 0 Å². The maximum atomic E-state index is 13.5. The number of nitrogens with one attached hydrogen (secondary N) is 1. The van der Waals surface area contributed by atoms with Gasteiger partial charge in [-0.25, -0.2) is 21.9 Å². The molecule has 0 unspecified atom stereocenters. The highest BCUT2D eigenvalue weighted by atomic mass is 32.2. The van der Waals surface area contributed by atoms with E-state index in [0.29, 0.717) is 30.8 Å². The van der Waals surface area contributed by atoms with Crippen LogP contribution in [0.4, 0.5) is 8.78 Å². The van der Waals surface area contributed by atoms with Crippen molar-refractivity contribution in [3.63, 3.8) is 0 Å². The summed E-state index contributed by atoms with van der Waals surface area (Å²) in [5, 5.41) is 0. The van der Waals surface area contributed by atoms with Crippen LogP contribution in [0, 0.1) is 11.6 Å². The van der Waals surface area contributed by atoms with E-state index in [0.717, 1.165) is 6.07 Å². The number of hydrogen-bond donors (Lipinski definition) is 1. The topological polar surface area (TPSA) is 64.6 Å². The van der Waals surface area contributed by atoms with Crippen molar-refractivity contribution >= 4 is 10.0 Å². The first-order valence-electron chi connectivity index (χ1n) is 6.79. The Morgan fingerprint density at radius 3 is 2.48 bits per heavy atom. The SMILES string of the molecule is O=S(=O)(NCc1ccc(F)cc1F)c1ccc2c(c1)OCCO2. The minimum absolute atomic E-state index is 0.0238. The Morgan fingerprint density at radius 1 is 1.00 bits per heavy atom. The molecule has 1 aliphatic rings. The van der Waals surface area contributed by atoms with E-state index in [1.54, 1.807) is 0 Å². The summed E-state index contributed by atoms with van der Waals surface area (Å²) in [4.78, 5) is -0.0238. The molecule has 1 aliphatic heterocycles. The van der Waals surface area contributed by atoms with Crippen molar-refractivity contribution in [1.82, 2.24) is 4.72 Å². The lowest BCUT2D eigenvalue weighted by Crippen LogP contribution is -2.24. The first kappa shape index (κ1) is 15.7. The van der Waals surface area contributed by atoms with Crippen molar-refractivity contribution in [3.05, 3.63) is 53.6 Å². The van der Waals surface area contributed by atoms with Crippen molar-refractivity contribution in [2.24, 2.45) is 0 Å². The van der Waals surface area contributed by atoms with E-state index in [2.05, 4.69) is 4.72 Å². The van der Waals surface area contributed by atoms with E-state index < -0.39 is 21.7 Å². The molecule has 8 heteroatoms. The van der Waals surface area contributed by atoms with Crippen LogP contribution in [0.3, 0.4) is 0 Å². The Bertz CT molecular complexity index is 839. The number of benzene rings is 2. The summed E-state index contributed by atoms with van der Waals surface area (Å²) >= 11 is 0. The number of rotatable bonds is 4. The van der Waals surface area contributed by atoms with E-state index in [9.17, 15) is 17.2 Å². The highest BCUT2D eigenvalue weighted by Gasteiger charge is 2.19. The van der Waals surface area contributed by atoms with Crippen molar-refractivity contribution < 1.29 is 26.7 Å². The van der Waals surface area contributed by atoms with Gasteiger partial charge in [-0.3, -0.25) is 0 Å². The van der Waals surface area contributed by atoms with Gasteiger partial charge in [0.2, 0.25) is 10.0 Å². The zero-order valence-electron chi connectivity index (χ0n) is 11.9. The van der Waals surface area contributed by atoms with Gasteiger partial charge in [-0.2, -0.15) is 0 Å². The molecule has 0 amide bonds. The molecule has 2 aromatic carbocycles. The normalized spacial score (nSPS) is 13.8. The molecule has 0 atom stereocenters. The van der Waals surface area contributed by atoms with Crippen LogP contribution in [0.15, 0.2) is 41.3 Å². The average molecular weight is 341 g/mol. The van der Waals surface area contributed by atoms with Gasteiger partial charge in [-0.1, -0.05) is 6.07 Å². The first-order chi connectivity index (χ1) is 11.0. The zero-order valence-corrected chi connectivity index (χ0v) is 12.7. The zero-order chi connectivity index (χ0) is 16.4. The lowest BCUT2D eigenvalue weighted by molar-refractivity contribution is 0.171. The number of halogens is 2. The van der Waals surface area contributed by atoms with Gasteiger partial charge in [0.1, 0.15) is 24.8 Å². The molecule has 0 aliphatic carbocycles. The van der Waals surface area contributed by atoms with E-state index in [4.69, 9.17) is 9.47 Å². The molecule has 1 heterocycles. The molecule has 0 saturated carbocycles. The Balaban J connectivity index is 1.79. The fourth-order valence-electron chi connectivity index (χ4n) is 2.11. The monoisotopic (exact) mass is 341 g/mol. The molecule has 2 aromatic rings. The summed E-state index contributed by atoms with van der Waals surface area (Å²) in [6, 6.07) is 7.18. The standard InChI is InChI=1S/C15H13F2NO4S/c16-11-2-1-10(13(17)7-11)9-18-23(19,20)12-3-4-14-15(8-12)22-6-5-21-14/h1-4,7-8,18H,5-6,9H2.